The van der Waals surface area contributed by atoms with Crippen LogP contribution in [0.1, 0.15) is 17.2 Å². The summed E-state index contributed by atoms with van der Waals surface area (Å²) < 4.78 is 26.3. The van der Waals surface area contributed by atoms with Gasteiger partial charge in [0.25, 0.3) is 0 Å². The lowest BCUT2D eigenvalue weighted by molar-refractivity contribution is -0.111. The number of nitrogens with one attached hydrogen (secondary N) is 2. The van der Waals surface area contributed by atoms with E-state index in [2.05, 4.69) is 20.6 Å². The second kappa shape index (κ2) is 15.3. The summed E-state index contributed by atoms with van der Waals surface area (Å²) in [4.78, 5) is 23.6. The van der Waals surface area contributed by atoms with Gasteiger partial charge in [-0.25, -0.2) is 14.4 Å². The van der Waals surface area contributed by atoms with Crippen LogP contribution in [-0.2, 0) is 16.1 Å². The fourth-order valence-electron chi connectivity index (χ4n) is 5.38. The molecule has 0 aliphatic rings. The zero-order valence-electron chi connectivity index (χ0n) is 26.8. The first-order valence-electron chi connectivity index (χ1n) is 15.6. The first-order valence-corrected chi connectivity index (χ1v) is 15.6. The number of likely N-dealkylation sites (N-methyl/N-ethyl adjacent to an activating group) is 1. The molecule has 48 heavy (non-hydrogen) atoms. The van der Waals surface area contributed by atoms with E-state index in [4.69, 9.17) is 9.15 Å². The van der Waals surface area contributed by atoms with E-state index in [-0.39, 0.29) is 24.4 Å². The molecule has 0 aliphatic carbocycles. The van der Waals surface area contributed by atoms with Crippen LogP contribution in [0.5, 0.6) is 0 Å². The molecule has 2 heterocycles. The van der Waals surface area contributed by atoms with Crippen LogP contribution in [-0.4, -0.2) is 48.0 Å². The molecule has 2 N–H and O–H groups in total. The van der Waals surface area contributed by atoms with Crippen molar-refractivity contribution in [2.24, 2.45) is 0 Å². The van der Waals surface area contributed by atoms with Gasteiger partial charge in [0.1, 0.15) is 23.7 Å². The normalized spacial score (nSPS) is 12.1. The molecule has 2 aromatic heterocycles. The molecule has 0 bridgehead atoms. The van der Waals surface area contributed by atoms with Crippen LogP contribution in [0.15, 0.2) is 132 Å². The quantitative estimate of drug-likeness (QED) is 0.123. The fourth-order valence-corrected chi connectivity index (χ4v) is 5.38. The predicted octanol–water partition coefficient (Wildman–Crippen LogP) is 8.12. The van der Waals surface area contributed by atoms with Gasteiger partial charge < -0.3 is 24.7 Å². The van der Waals surface area contributed by atoms with Crippen LogP contribution in [0.25, 0.3) is 33.6 Å². The molecular weight excluding hydrogens is 605 g/mol. The van der Waals surface area contributed by atoms with Crippen LogP contribution in [0.4, 0.5) is 15.9 Å². The van der Waals surface area contributed by atoms with E-state index in [9.17, 15) is 9.18 Å². The maximum absolute atomic E-state index is 13.8. The third-order valence-corrected chi connectivity index (χ3v) is 7.66. The summed E-state index contributed by atoms with van der Waals surface area (Å²) in [6.07, 6.45) is 4.83. The number of aromatic nitrogens is 2. The highest BCUT2D eigenvalue weighted by molar-refractivity contribution is 6.06. The average molecular weight is 642 g/mol. The molecular formula is C39H36FN5O3. The third kappa shape index (κ3) is 8.01. The zero-order valence-corrected chi connectivity index (χ0v) is 26.8. The van der Waals surface area contributed by atoms with Crippen molar-refractivity contribution >= 4 is 28.5 Å². The molecule has 0 spiro atoms. The van der Waals surface area contributed by atoms with Gasteiger partial charge in [-0.2, -0.15) is 0 Å². The maximum atomic E-state index is 13.8. The van der Waals surface area contributed by atoms with E-state index in [1.54, 1.807) is 6.07 Å². The molecule has 0 fully saturated rings. The molecule has 0 aliphatic heterocycles. The Morgan fingerprint density at radius 1 is 0.917 bits per heavy atom. The van der Waals surface area contributed by atoms with Crippen LogP contribution in [0, 0.1) is 5.82 Å². The number of hydrogen-bond donors (Lipinski definition) is 2. The molecule has 1 atom stereocenters. The van der Waals surface area contributed by atoms with Crippen molar-refractivity contribution in [2.75, 3.05) is 37.9 Å². The number of carbonyl (C=O) groups is 1. The number of carbonyl (C=O) groups excluding carboxylic acids is 1. The third-order valence-electron chi connectivity index (χ3n) is 7.66. The van der Waals surface area contributed by atoms with Crippen molar-refractivity contribution < 1.29 is 18.3 Å². The number of ether oxygens (including phenoxy) is 1. The van der Waals surface area contributed by atoms with Gasteiger partial charge in [0.15, 0.2) is 0 Å². The first kappa shape index (κ1) is 32.3. The largest absolute Gasteiger partial charge is 0.437 e. The van der Waals surface area contributed by atoms with Crippen molar-refractivity contribution in [1.82, 2.24) is 14.9 Å². The predicted molar refractivity (Wildman–Crippen MR) is 188 cm³/mol. The number of rotatable bonds is 13. The lowest BCUT2D eigenvalue weighted by atomic mass is 9.98. The minimum absolute atomic E-state index is 0.199. The highest BCUT2D eigenvalue weighted by atomic mass is 19.1. The Bertz CT molecular complexity index is 1990. The molecule has 0 unspecified atom stereocenters. The zero-order chi connectivity index (χ0) is 33.3. The lowest BCUT2D eigenvalue weighted by Gasteiger charge is -2.21. The van der Waals surface area contributed by atoms with Gasteiger partial charge in [-0.3, -0.25) is 4.79 Å². The van der Waals surface area contributed by atoms with E-state index in [1.165, 1.54) is 24.5 Å². The van der Waals surface area contributed by atoms with Crippen LogP contribution in [0.3, 0.4) is 0 Å². The molecule has 4 aromatic carbocycles. The summed E-state index contributed by atoms with van der Waals surface area (Å²) in [7, 11) is 3.89. The molecule has 9 heteroatoms. The topological polar surface area (TPSA) is 92.5 Å². The summed E-state index contributed by atoms with van der Waals surface area (Å²) in [6.45, 7) is 1.22. The number of furan rings is 1. The number of hydrogen-bond acceptors (Lipinski definition) is 7. The van der Waals surface area contributed by atoms with Crippen LogP contribution in [0.2, 0.25) is 0 Å². The number of halogens is 1. The molecule has 8 nitrogen and oxygen atoms in total. The summed E-state index contributed by atoms with van der Waals surface area (Å²) in [6, 6.07) is 33.5. The summed E-state index contributed by atoms with van der Waals surface area (Å²) in [5, 5.41) is 7.23. The fraction of sp³-hybridized carbons (Fsp3) is 0.154. The van der Waals surface area contributed by atoms with Crippen LogP contribution < -0.4 is 10.6 Å². The Labute approximate surface area is 278 Å². The highest BCUT2D eigenvalue weighted by Gasteiger charge is 2.24. The second-order valence-corrected chi connectivity index (χ2v) is 11.6. The molecule has 1 amide bonds. The highest BCUT2D eigenvalue weighted by Crippen LogP contribution is 2.43. The van der Waals surface area contributed by atoms with E-state index >= 15 is 0 Å². The van der Waals surface area contributed by atoms with Crippen molar-refractivity contribution in [3.63, 3.8) is 0 Å². The SMILES string of the molecule is CN(C)CC=CC(=O)Nc1ccc(-c2c(-c3ccccc3)oc3ncnc(N[C@H](COCc4cccc(F)c4)c4ccccc4)c23)cc1. The number of anilines is 2. The van der Waals surface area contributed by atoms with Gasteiger partial charge in [0.2, 0.25) is 11.6 Å². The average Bonchev–Trinajstić information content (AvgIpc) is 3.49. The van der Waals surface area contributed by atoms with Gasteiger partial charge in [0, 0.05) is 29.4 Å². The number of nitrogens with zero attached hydrogens (tertiary/aromatic N) is 3. The summed E-state index contributed by atoms with van der Waals surface area (Å²) >= 11 is 0. The number of fused-ring (bicyclic) bond motifs is 1. The van der Waals surface area contributed by atoms with Gasteiger partial charge in [0.05, 0.1) is 24.6 Å². The molecule has 242 valence electrons. The second-order valence-electron chi connectivity index (χ2n) is 11.6. The number of amides is 1. The van der Waals surface area contributed by atoms with Crippen molar-refractivity contribution in [1.29, 1.82) is 0 Å². The molecule has 6 rings (SSSR count). The standard InChI is InChI=1S/C39H36FN5O3/c1-45(2)22-10-17-34(46)43-32-20-18-29(19-21-32)35-36-38(41-26-42-39(36)48-37(35)30-14-7-4-8-15-30)44-33(28-12-5-3-6-13-28)25-47-24-27-11-9-16-31(40)23-27/h3-21,23,26,33H,22,24-25H2,1-2H3,(H,43,46)(H,41,42,44)/t33-/m1/s1. The van der Waals surface area contributed by atoms with Crippen molar-refractivity contribution in [3.05, 3.63) is 145 Å². The lowest BCUT2D eigenvalue weighted by Crippen LogP contribution is -2.18. The Hall–Kier alpha value is -5.64. The van der Waals surface area contributed by atoms with Crippen molar-refractivity contribution in [3.8, 4) is 22.5 Å². The van der Waals surface area contributed by atoms with Gasteiger partial charge >= 0.3 is 0 Å². The molecule has 6 aromatic rings. The molecule has 0 radical (unpaired) electrons. The Morgan fingerprint density at radius 2 is 1.67 bits per heavy atom. The van der Waals surface area contributed by atoms with Crippen LogP contribution >= 0.6 is 0 Å². The maximum Gasteiger partial charge on any atom is 0.248 e. The Kier molecular flexibility index (Phi) is 10.3. The molecule has 0 saturated heterocycles. The van der Waals surface area contributed by atoms with Gasteiger partial charge in [-0.05, 0) is 55.1 Å². The Morgan fingerprint density at radius 3 is 2.40 bits per heavy atom. The number of benzene rings is 4. The van der Waals surface area contributed by atoms with Crippen molar-refractivity contribution in [2.45, 2.75) is 12.6 Å². The summed E-state index contributed by atoms with van der Waals surface area (Å²) in [5.41, 5.74) is 5.41. The minimum atomic E-state index is -0.300. The monoisotopic (exact) mass is 641 g/mol. The van der Waals surface area contributed by atoms with Gasteiger partial charge in [-0.1, -0.05) is 91.0 Å². The van der Waals surface area contributed by atoms with E-state index in [0.29, 0.717) is 41.5 Å². The Balaban J connectivity index is 1.35. The van der Waals surface area contributed by atoms with E-state index in [1.807, 2.05) is 116 Å². The molecule has 0 saturated carbocycles. The first-order chi connectivity index (χ1) is 23.4. The summed E-state index contributed by atoms with van der Waals surface area (Å²) in [5.74, 6) is 0.727. The minimum Gasteiger partial charge on any atom is -0.437 e. The van der Waals surface area contributed by atoms with E-state index in [0.717, 1.165) is 27.8 Å². The van der Waals surface area contributed by atoms with Gasteiger partial charge in [-0.15, -0.1) is 0 Å². The van der Waals surface area contributed by atoms with E-state index < -0.39 is 0 Å². The smallest absolute Gasteiger partial charge is 0.248 e.